The van der Waals surface area contributed by atoms with E-state index in [4.69, 9.17) is 37.8 Å². The number of likely N-dealkylation sites (tertiary alicyclic amines) is 1. The molecule has 2 aromatic rings. The van der Waals surface area contributed by atoms with E-state index in [2.05, 4.69) is 4.90 Å². The number of carbonyl (C=O) groups excluding carboxylic acids is 1. The molecule has 16 heteroatoms. The number of sulfonamides is 1. The summed E-state index contributed by atoms with van der Waals surface area (Å²) in [5.74, 6) is -4.48. The van der Waals surface area contributed by atoms with Crippen LogP contribution >= 0.6 is 23.2 Å². The number of aliphatic carboxylic acids is 1. The van der Waals surface area contributed by atoms with Crippen molar-refractivity contribution in [2.45, 2.75) is 56.4 Å². The van der Waals surface area contributed by atoms with Gasteiger partial charge in [-0.3, -0.25) is 9.69 Å². The largest absolute Gasteiger partial charge is 0.490 e. The third kappa shape index (κ3) is 10.2. The lowest BCUT2D eigenvalue weighted by molar-refractivity contribution is -0.192. The normalized spacial score (nSPS) is 17.8. The van der Waals surface area contributed by atoms with E-state index in [1.807, 2.05) is 19.1 Å². The Labute approximate surface area is 255 Å². The Balaban J connectivity index is 0.000000646. The van der Waals surface area contributed by atoms with Crippen LogP contribution in [0.15, 0.2) is 30.3 Å². The number of rotatable bonds is 8. The van der Waals surface area contributed by atoms with Gasteiger partial charge in [0.2, 0.25) is 10.0 Å². The van der Waals surface area contributed by atoms with Gasteiger partial charge in [-0.15, -0.1) is 0 Å². The highest BCUT2D eigenvalue weighted by molar-refractivity contribution is 7.89. The number of amides is 1. The van der Waals surface area contributed by atoms with Crippen molar-refractivity contribution in [1.29, 1.82) is 0 Å². The van der Waals surface area contributed by atoms with E-state index in [1.54, 1.807) is 10.8 Å². The van der Waals surface area contributed by atoms with Crippen LogP contribution < -0.4 is 9.46 Å². The highest BCUT2D eigenvalue weighted by atomic mass is 35.5. The number of carboxylic acids is 1. The monoisotopic (exact) mass is 674 g/mol. The lowest BCUT2D eigenvalue weighted by Gasteiger charge is -2.39. The number of nitrogens with zero attached hydrogens (tertiary/aromatic N) is 1. The number of nitrogens with one attached hydrogen (secondary N) is 1. The van der Waals surface area contributed by atoms with Crippen LogP contribution in [0.2, 0.25) is 10.0 Å². The SMILES string of the molecule is CC(c1cc(Cl)cc(Cl)c1)N1CCC(F)(COc2cc(F)c(C(=O)NS(C)(=O)=O)cc2C2CC2)CC1.O=C(O)C(F)(F)F. The summed E-state index contributed by atoms with van der Waals surface area (Å²) in [6.45, 7) is 2.78. The summed E-state index contributed by atoms with van der Waals surface area (Å²) >= 11 is 12.3. The fraction of sp³-hybridized carbons (Fsp3) is 0.481. The maximum Gasteiger partial charge on any atom is 0.490 e. The zero-order valence-corrected chi connectivity index (χ0v) is 25.3. The molecule has 2 fully saturated rings. The molecule has 1 aliphatic heterocycles. The summed E-state index contributed by atoms with van der Waals surface area (Å²) in [6.07, 6.45) is -2.13. The molecular formula is C27H29Cl2F5N2O6S. The number of carboxylic acid groups (broad SMARTS) is 1. The van der Waals surface area contributed by atoms with Gasteiger partial charge in [-0.1, -0.05) is 23.2 Å². The number of alkyl halides is 4. The number of hydrogen-bond donors (Lipinski definition) is 2. The first kappa shape index (κ1) is 34.8. The van der Waals surface area contributed by atoms with E-state index in [0.29, 0.717) is 28.7 Å². The summed E-state index contributed by atoms with van der Waals surface area (Å²) in [5.41, 5.74) is -0.429. The Morgan fingerprint density at radius 3 is 2.12 bits per heavy atom. The van der Waals surface area contributed by atoms with Gasteiger partial charge >= 0.3 is 12.1 Å². The third-order valence-electron chi connectivity index (χ3n) is 6.98. The molecule has 43 heavy (non-hydrogen) atoms. The molecule has 238 valence electrons. The van der Waals surface area contributed by atoms with Gasteiger partial charge in [0.15, 0.2) is 0 Å². The third-order valence-corrected chi connectivity index (χ3v) is 7.97. The van der Waals surface area contributed by atoms with E-state index in [-0.39, 0.29) is 42.7 Å². The summed E-state index contributed by atoms with van der Waals surface area (Å²) in [6, 6.07) is 7.75. The van der Waals surface area contributed by atoms with Crippen molar-refractivity contribution in [3.05, 3.63) is 62.9 Å². The molecule has 1 amide bonds. The molecular weight excluding hydrogens is 646 g/mol. The van der Waals surface area contributed by atoms with Crippen LogP contribution in [0.4, 0.5) is 22.0 Å². The molecule has 2 aromatic carbocycles. The Hall–Kier alpha value is -2.68. The van der Waals surface area contributed by atoms with Crippen molar-refractivity contribution in [1.82, 2.24) is 9.62 Å². The Morgan fingerprint density at radius 2 is 1.65 bits per heavy atom. The zero-order valence-electron chi connectivity index (χ0n) is 23.0. The maximum absolute atomic E-state index is 15.6. The summed E-state index contributed by atoms with van der Waals surface area (Å²) in [7, 11) is -3.85. The predicted octanol–water partition coefficient (Wildman–Crippen LogP) is 6.28. The quantitative estimate of drug-likeness (QED) is 0.317. The molecule has 0 bridgehead atoms. The summed E-state index contributed by atoms with van der Waals surface area (Å²) < 4.78 is 92.4. The summed E-state index contributed by atoms with van der Waals surface area (Å²) in [4.78, 5) is 23.3. The minimum atomic E-state index is -5.08. The fourth-order valence-corrected chi connectivity index (χ4v) is 5.49. The number of carbonyl (C=O) groups is 2. The molecule has 1 saturated heterocycles. The van der Waals surface area contributed by atoms with Crippen LogP contribution in [-0.2, 0) is 14.8 Å². The van der Waals surface area contributed by atoms with Crippen LogP contribution in [0.5, 0.6) is 5.75 Å². The van der Waals surface area contributed by atoms with Crippen molar-refractivity contribution < 1.29 is 49.8 Å². The number of piperidine rings is 1. The van der Waals surface area contributed by atoms with Crippen LogP contribution in [-0.4, -0.2) is 68.1 Å². The van der Waals surface area contributed by atoms with E-state index in [9.17, 15) is 30.8 Å². The van der Waals surface area contributed by atoms with Crippen LogP contribution in [0.1, 0.15) is 66.1 Å². The highest BCUT2D eigenvalue weighted by Gasteiger charge is 2.39. The van der Waals surface area contributed by atoms with Gasteiger partial charge in [0.25, 0.3) is 5.91 Å². The predicted molar refractivity (Wildman–Crippen MR) is 149 cm³/mol. The smallest absolute Gasteiger partial charge is 0.490 e. The van der Waals surface area contributed by atoms with Crippen molar-refractivity contribution in [3.63, 3.8) is 0 Å². The second-order valence-electron chi connectivity index (χ2n) is 10.5. The molecule has 0 aromatic heterocycles. The maximum atomic E-state index is 15.6. The van der Waals surface area contributed by atoms with Crippen LogP contribution in [0.3, 0.4) is 0 Å². The molecule has 4 rings (SSSR count). The first-order valence-electron chi connectivity index (χ1n) is 13.0. The molecule has 0 spiro atoms. The van der Waals surface area contributed by atoms with Crippen molar-refractivity contribution in [2.75, 3.05) is 26.0 Å². The van der Waals surface area contributed by atoms with Crippen molar-refractivity contribution >= 4 is 45.1 Å². The van der Waals surface area contributed by atoms with Crippen LogP contribution in [0.25, 0.3) is 0 Å². The Bertz CT molecular complexity index is 1440. The van der Waals surface area contributed by atoms with Gasteiger partial charge in [0, 0.05) is 35.2 Å². The molecule has 1 unspecified atom stereocenters. The number of hydrogen-bond acceptors (Lipinski definition) is 6. The Morgan fingerprint density at radius 1 is 1.12 bits per heavy atom. The van der Waals surface area contributed by atoms with Gasteiger partial charge in [0.1, 0.15) is 23.8 Å². The average Bonchev–Trinajstić information content (AvgIpc) is 3.71. The van der Waals surface area contributed by atoms with Gasteiger partial charge in [-0.05, 0) is 73.9 Å². The molecule has 1 saturated carbocycles. The first-order chi connectivity index (χ1) is 19.8. The Kier molecular flexibility index (Phi) is 11.0. The second kappa shape index (κ2) is 13.5. The average molecular weight is 676 g/mol. The number of benzene rings is 2. The lowest BCUT2D eigenvalue weighted by atomic mass is 9.92. The lowest BCUT2D eigenvalue weighted by Crippen LogP contribution is -2.45. The topological polar surface area (TPSA) is 113 Å². The van der Waals surface area contributed by atoms with Crippen molar-refractivity contribution in [3.8, 4) is 5.75 Å². The highest BCUT2D eigenvalue weighted by Crippen LogP contribution is 2.45. The number of halogens is 7. The second-order valence-corrected chi connectivity index (χ2v) is 13.1. The molecule has 2 aliphatic rings. The number of ether oxygens (including phenoxy) is 1. The van der Waals surface area contributed by atoms with E-state index < -0.39 is 39.6 Å². The molecule has 2 N–H and O–H groups in total. The zero-order chi connectivity index (χ0) is 32.3. The minimum absolute atomic E-state index is 0.00728. The van der Waals surface area contributed by atoms with Crippen LogP contribution in [0, 0.1) is 5.82 Å². The molecule has 1 atom stereocenters. The van der Waals surface area contributed by atoms with Gasteiger partial charge in [0.05, 0.1) is 11.8 Å². The fourth-order valence-electron chi connectivity index (χ4n) is 4.50. The molecule has 1 aliphatic carbocycles. The van der Waals surface area contributed by atoms with E-state index in [1.165, 1.54) is 6.07 Å². The molecule has 1 heterocycles. The minimum Gasteiger partial charge on any atom is -0.490 e. The van der Waals surface area contributed by atoms with Gasteiger partial charge in [-0.2, -0.15) is 13.2 Å². The first-order valence-corrected chi connectivity index (χ1v) is 15.6. The standard InChI is InChI=1S/C25H28Cl2F2N2O4S.C2HF3O2/c1-15(17-9-18(26)11-19(27)10-17)31-7-5-25(29,6-8-31)14-35-23-13-22(28)21(12-20(23)16-3-4-16)24(32)30-36(2,33)34;3-2(4,5)1(6)7/h9-13,15-16H,3-8,14H2,1-2H3,(H,30,32);(H,6,7). The van der Waals surface area contributed by atoms with Crippen molar-refractivity contribution in [2.24, 2.45) is 0 Å². The van der Waals surface area contributed by atoms with E-state index >= 15 is 4.39 Å². The van der Waals surface area contributed by atoms with E-state index in [0.717, 1.165) is 30.7 Å². The summed E-state index contributed by atoms with van der Waals surface area (Å²) in [5, 5.41) is 8.22. The molecule has 0 radical (unpaired) electrons. The van der Waals surface area contributed by atoms with Gasteiger partial charge < -0.3 is 9.84 Å². The van der Waals surface area contributed by atoms with Gasteiger partial charge in [-0.25, -0.2) is 26.7 Å². The molecule has 8 nitrogen and oxygen atoms in total.